The first kappa shape index (κ1) is 11.0. The molecule has 0 atom stereocenters. The molecule has 0 aliphatic rings. The Bertz CT molecular complexity index is 705. The van der Waals surface area contributed by atoms with E-state index in [2.05, 4.69) is 10.3 Å². The van der Waals surface area contributed by atoms with Crippen molar-refractivity contribution in [2.24, 2.45) is 0 Å². The molecule has 2 N–H and O–H groups in total. The molecule has 0 saturated heterocycles. The van der Waals surface area contributed by atoms with Crippen LogP contribution >= 0.6 is 11.6 Å². The van der Waals surface area contributed by atoms with Gasteiger partial charge in [0.25, 0.3) is 0 Å². The van der Waals surface area contributed by atoms with Crippen molar-refractivity contribution in [2.45, 2.75) is 6.54 Å². The van der Waals surface area contributed by atoms with Gasteiger partial charge in [0.2, 0.25) is 0 Å². The van der Waals surface area contributed by atoms with Crippen molar-refractivity contribution in [3.63, 3.8) is 0 Å². The van der Waals surface area contributed by atoms with Gasteiger partial charge in [-0.15, -0.1) is 5.10 Å². The molecule has 0 spiro atoms. The lowest BCUT2D eigenvalue weighted by atomic mass is 10.2. The lowest BCUT2D eigenvalue weighted by Crippen LogP contribution is -2.02. The molecule has 3 rings (SSSR count). The Labute approximate surface area is 109 Å². The average molecular weight is 259 g/mol. The number of nitrogens with zero attached hydrogens (tertiary/aromatic N) is 3. The van der Waals surface area contributed by atoms with E-state index in [1.807, 2.05) is 41.1 Å². The number of fused-ring (bicyclic) bond motifs is 1. The fourth-order valence-corrected chi connectivity index (χ4v) is 2.08. The molecule has 0 fully saturated rings. The van der Waals surface area contributed by atoms with Crippen LogP contribution in [0.25, 0.3) is 11.0 Å². The predicted molar refractivity (Wildman–Crippen MR) is 72.5 cm³/mol. The van der Waals surface area contributed by atoms with Crippen molar-refractivity contribution in [1.82, 2.24) is 15.0 Å². The maximum Gasteiger partial charge on any atom is 0.113 e. The number of anilines is 1. The summed E-state index contributed by atoms with van der Waals surface area (Å²) in [6, 6.07) is 13.4. The van der Waals surface area contributed by atoms with Gasteiger partial charge in [-0.1, -0.05) is 35.0 Å². The van der Waals surface area contributed by atoms with Crippen molar-refractivity contribution in [2.75, 3.05) is 5.73 Å². The lowest BCUT2D eigenvalue weighted by Gasteiger charge is -2.04. The molecule has 90 valence electrons. The zero-order valence-electron chi connectivity index (χ0n) is 9.55. The van der Waals surface area contributed by atoms with Crippen LogP contribution in [0.1, 0.15) is 5.56 Å². The third-order valence-corrected chi connectivity index (χ3v) is 3.14. The van der Waals surface area contributed by atoms with E-state index in [1.165, 1.54) is 0 Å². The van der Waals surface area contributed by atoms with Gasteiger partial charge in [0.1, 0.15) is 5.52 Å². The summed E-state index contributed by atoms with van der Waals surface area (Å²) in [6.45, 7) is 0.626. The molecule has 0 saturated carbocycles. The fourth-order valence-electron chi connectivity index (χ4n) is 1.88. The highest BCUT2D eigenvalue weighted by Crippen LogP contribution is 2.21. The number of para-hydroxylation sites is 1. The number of rotatable bonds is 2. The van der Waals surface area contributed by atoms with Crippen LogP contribution in [0, 0.1) is 0 Å². The molecular weight excluding hydrogens is 248 g/mol. The van der Waals surface area contributed by atoms with E-state index in [0.29, 0.717) is 17.3 Å². The fraction of sp³-hybridized carbons (Fsp3) is 0.0769. The number of benzene rings is 2. The molecule has 0 radical (unpaired) electrons. The Morgan fingerprint density at radius 1 is 1.17 bits per heavy atom. The summed E-state index contributed by atoms with van der Waals surface area (Å²) in [7, 11) is 0. The molecule has 1 aromatic heterocycles. The van der Waals surface area contributed by atoms with Gasteiger partial charge in [0.05, 0.1) is 22.8 Å². The number of nitrogen functional groups attached to an aromatic ring is 1. The molecule has 0 bridgehead atoms. The number of hydrogen-bond acceptors (Lipinski definition) is 3. The summed E-state index contributed by atoms with van der Waals surface area (Å²) < 4.78 is 1.84. The molecule has 0 aliphatic heterocycles. The largest absolute Gasteiger partial charge is 0.398 e. The molecule has 5 heteroatoms. The second-order valence-electron chi connectivity index (χ2n) is 4.09. The molecule has 0 unspecified atom stereocenters. The van der Waals surface area contributed by atoms with Gasteiger partial charge in [0.15, 0.2) is 0 Å². The van der Waals surface area contributed by atoms with Gasteiger partial charge in [-0.2, -0.15) is 0 Å². The zero-order chi connectivity index (χ0) is 12.5. The lowest BCUT2D eigenvalue weighted by molar-refractivity contribution is 0.670. The van der Waals surface area contributed by atoms with E-state index < -0.39 is 0 Å². The summed E-state index contributed by atoms with van der Waals surface area (Å²) in [6.07, 6.45) is 0. The quantitative estimate of drug-likeness (QED) is 0.719. The van der Waals surface area contributed by atoms with Gasteiger partial charge >= 0.3 is 0 Å². The van der Waals surface area contributed by atoms with Crippen molar-refractivity contribution >= 4 is 28.3 Å². The molecule has 3 aromatic rings. The topological polar surface area (TPSA) is 56.7 Å². The number of nitrogens with two attached hydrogens (primary N) is 1. The van der Waals surface area contributed by atoms with Crippen LogP contribution < -0.4 is 5.73 Å². The standard InChI is InChI=1S/C13H11ClN4/c14-10-7-9(5-6-11(10)15)8-18-13-4-2-1-3-12(13)16-17-18/h1-7H,8,15H2. The Morgan fingerprint density at radius 2 is 2.00 bits per heavy atom. The number of hydrogen-bond donors (Lipinski definition) is 1. The minimum atomic E-state index is 0.567. The minimum absolute atomic E-state index is 0.567. The Kier molecular flexibility index (Phi) is 2.64. The normalized spacial score (nSPS) is 10.9. The Balaban J connectivity index is 1.98. The molecule has 2 aromatic carbocycles. The first-order chi connectivity index (χ1) is 8.74. The van der Waals surface area contributed by atoms with Gasteiger partial charge < -0.3 is 5.73 Å². The van der Waals surface area contributed by atoms with E-state index in [1.54, 1.807) is 6.07 Å². The van der Waals surface area contributed by atoms with Crippen molar-refractivity contribution < 1.29 is 0 Å². The van der Waals surface area contributed by atoms with Gasteiger partial charge in [-0.25, -0.2) is 4.68 Å². The van der Waals surface area contributed by atoms with Crippen LogP contribution in [-0.4, -0.2) is 15.0 Å². The van der Waals surface area contributed by atoms with Gasteiger partial charge in [0, 0.05) is 0 Å². The van der Waals surface area contributed by atoms with Gasteiger partial charge in [-0.3, -0.25) is 0 Å². The van der Waals surface area contributed by atoms with E-state index in [9.17, 15) is 0 Å². The van der Waals surface area contributed by atoms with Crippen LogP contribution in [0.4, 0.5) is 5.69 Å². The van der Waals surface area contributed by atoms with Crippen LogP contribution in [0.2, 0.25) is 5.02 Å². The van der Waals surface area contributed by atoms with E-state index in [-0.39, 0.29) is 0 Å². The second-order valence-corrected chi connectivity index (χ2v) is 4.50. The maximum atomic E-state index is 6.00. The third-order valence-electron chi connectivity index (χ3n) is 2.82. The summed E-state index contributed by atoms with van der Waals surface area (Å²) in [5, 5.41) is 8.81. The first-order valence-electron chi connectivity index (χ1n) is 5.56. The van der Waals surface area contributed by atoms with E-state index in [0.717, 1.165) is 16.6 Å². The Hall–Kier alpha value is -2.07. The van der Waals surface area contributed by atoms with Crippen LogP contribution in [0.15, 0.2) is 42.5 Å². The Morgan fingerprint density at radius 3 is 2.83 bits per heavy atom. The van der Waals surface area contributed by atoms with Crippen molar-refractivity contribution in [3.05, 3.63) is 53.1 Å². The van der Waals surface area contributed by atoms with E-state index >= 15 is 0 Å². The van der Waals surface area contributed by atoms with Crippen LogP contribution in [0.3, 0.4) is 0 Å². The van der Waals surface area contributed by atoms with Crippen molar-refractivity contribution in [3.8, 4) is 0 Å². The number of aromatic nitrogens is 3. The monoisotopic (exact) mass is 258 g/mol. The summed E-state index contributed by atoms with van der Waals surface area (Å²) in [5.74, 6) is 0. The molecule has 0 aliphatic carbocycles. The predicted octanol–water partition coefficient (Wildman–Crippen LogP) is 2.72. The maximum absolute atomic E-state index is 6.00. The third kappa shape index (κ3) is 1.91. The molecular formula is C13H11ClN4. The SMILES string of the molecule is Nc1ccc(Cn2nnc3ccccc32)cc1Cl. The van der Waals surface area contributed by atoms with Gasteiger partial charge in [-0.05, 0) is 29.8 Å². The highest BCUT2D eigenvalue weighted by atomic mass is 35.5. The summed E-state index contributed by atoms with van der Waals surface area (Å²) in [5.41, 5.74) is 9.21. The first-order valence-corrected chi connectivity index (χ1v) is 5.94. The van der Waals surface area contributed by atoms with Crippen LogP contribution in [0.5, 0.6) is 0 Å². The summed E-state index contributed by atoms with van der Waals surface area (Å²) in [4.78, 5) is 0. The second kappa shape index (κ2) is 4.31. The minimum Gasteiger partial charge on any atom is -0.398 e. The van der Waals surface area contributed by atoms with E-state index in [4.69, 9.17) is 17.3 Å². The molecule has 18 heavy (non-hydrogen) atoms. The molecule has 4 nitrogen and oxygen atoms in total. The average Bonchev–Trinajstić information content (AvgIpc) is 2.78. The number of halogens is 1. The summed E-state index contributed by atoms with van der Waals surface area (Å²) >= 11 is 6.00. The van der Waals surface area contributed by atoms with Crippen LogP contribution in [-0.2, 0) is 6.54 Å². The van der Waals surface area contributed by atoms with Crippen molar-refractivity contribution in [1.29, 1.82) is 0 Å². The highest BCUT2D eigenvalue weighted by Gasteiger charge is 2.05. The molecule has 0 amide bonds. The smallest absolute Gasteiger partial charge is 0.113 e. The highest BCUT2D eigenvalue weighted by molar-refractivity contribution is 6.33. The zero-order valence-corrected chi connectivity index (χ0v) is 10.3. The molecule has 1 heterocycles.